The number of aliphatic hydroxyl groups is 2. The van der Waals surface area contributed by atoms with Crippen LogP contribution in [0.25, 0.3) is 0 Å². The Bertz CT molecular complexity index is 370. The third-order valence-electron chi connectivity index (χ3n) is 4.86. The Morgan fingerprint density at radius 1 is 1.41 bits per heavy atom. The van der Waals surface area contributed by atoms with Gasteiger partial charge in [-0.1, -0.05) is 6.92 Å². The van der Waals surface area contributed by atoms with Crippen LogP contribution in [0, 0.1) is 11.3 Å². The molecule has 0 heterocycles. The van der Waals surface area contributed by atoms with E-state index in [0.717, 1.165) is 19.3 Å². The summed E-state index contributed by atoms with van der Waals surface area (Å²) in [5, 5.41) is 20.8. The molecule has 0 unspecified atom stereocenters. The fourth-order valence-electron chi connectivity index (χ4n) is 3.62. The van der Waals surface area contributed by atoms with Gasteiger partial charge in [0.25, 0.3) is 0 Å². The topological polar surface area (TPSA) is 57.5 Å². The summed E-state index contributed by atoms with van der Waals surface area (Å²) in [6.45, 7) is 5.40. The van der Waals surface area contributed by atoms with Gasteiger partial charge in [0.05, 0.1) is 11.7 Å². The molecule has 96 valence electrons. The number of allylic oxidation sites excluding steroid dienone is 1. The molecule has 4 atom stereocenters. The third-order valence-corrected chi connectivity index (χ3v) is 4.86. The van der Waals surface area contributed by atoms with E-state index in [1.165, 1.54) is 6.92 Å². The number of rotatable bonds is 1. The monoisotopic (exact) mass is 238 g/mol. The number of carbonyl (C=O) groups excluding carboxylic acids is 1. The predicted octanol–water partition coefficient (Wildman–Crippen LogP) is 1.82. The fraction of sp³-hybridized carbons (Fsp3) is 0.786. The average molecular weight is 238 g/mol. The zero-order chi connectivity index (χ0) is 12.8. The van der Waals surface area contributed by atoms with Gasteiger partial charge in [-0.3, -0.25) is 4.79 Å². The molecule has 0 bridgehead atoms. The SMILES string of the molecule is CC(=O)C1=C[C@H](O)[C@]2(C)CCC[C@](C)(O)[C@H]2C1. The van der Waals surface area contributed by atoms with E-state index in [9.17, 15) is 15.0 Å². The van der Waals surface area contributed by atoms with Crippen LogP contribution < -0.4 is 0 Å². The van der Waals surface area contributed by atoms with Crippen LogP contribution in [0.15, 0.2) is 11.6 Å². The van der Waals surface area contributed by atoms with Gasteiger partial charge in [0.15, 0.2) is 5.78 Å². The zero-order valence-electron chi connectivity index (χ0n) is 10.9. The van der Waals surface area contributed by atoms with Crippen LogP contribution in [-0.2, 0) is 4.79 Å². The summed E-state index contributed by atoms with van der Waals surface area (Å²) in [5.41, 5.74) is -0.397. The molecule has 0 amide bonds. The zero-order valence-corrected chi connectivity index (χ0v) is 10.9. The van der Waals surface area contributed by atoms with E-state index in [0.29, 0.717) is 12.0 Å². The van der Waals surface area contributed by atoms with Crippen LogP contribution in [-0.4, -0.2) is 27.7 Å². The summed E-state index contributed by atoms with van der Waals surface area (Å²) in [6, 6.07) is 0. The Balaban J connectivity index is 2.40. The van der Waals surface area contributed by atoms with Gasteiger partial charge in [-0.25, -0.2) is 0 Å². The number of ketones is 1. The first-order chi connectivity index (χ1) is 7.77. The molecule has 0 radical (unpaired) electrons. The van der Waals surface area contributed by atoms with Gasteiger partial charge in [0.1, 0.15) is 0 Å². The Morgan fingerprint density at radius 3 is 2.65 bits per heavy atom. The first-order valence-corrected chi connectivity index (χ1v) is 6.39. The van der Waals surface area contributed by atoms with Crippen LogP contribution in [0.2, 0.25) is 0 Å². The van der Waals surface area contributed by atoms with Crippen molar-refractivity contribution in [3.63, 3.8) is 0 Å². The van der Waals surface area contributed by atoms with Gasteiger partial charge < -0.3 is 10.2 Å². The molecule has 0 aromatic carbocycles. The number of fused-ring (bicyclic) bond motifs is 1. The molecule has 0 aromatic heterocycles. The van der Waals surface area contributed by atoms with E-state index in [4.69, 9.17) is 0 Å². The average Bonchev–Trinajstić information content (AvgIpc) is 2.19. The second-order valence-electron chi connectivity index (χ2n) is 6.17. The highest BCUT2D eigenvalue weighted by molar-refractivity contribution is 5.93. The minimum absolute atomic E-state index is 0.00692. The number of carbonyl (C=O) groups is 1. The van der Waals surface area contributed by atoms with Gasteiger partial charge >= 0.3 is 0 Å². The van der Waals surface area contributed by atoms with Gasteiger partial charge in [0.2, 0.25) is 0 Å². The molecule has 3 nitrogen and oxygen atoms in total. The molecule has 1 fully saturated rings. The quantitative estimate of drug-likeness (QED) is 0.732. The Hall–Kier alpha value is -0.670. The lowest BCUT2D eigenvalue weighted by atomic mass is 9.54. The Labute approximate surface area is 103 Å². The number of Topliss-reactive ketones (excluding diaryl/α,β-unsaturated/α-hetero) is 1. The first kappa shape index (κ1) is 12.8. The van der Waals surface area contributed by atoms with Crippen LogP contribution in [0.4, 0.5) is 0 Å². The molecule has 2 aliphatic rings. The van der Waals surface area contributed by atoms with Gasteiger partial charge in [-0.15, -0.1) is 0 Å². The van der Waals surface area contributed by atoms with Crippen molar-refractivity contribution in [2.45, 2.75) is 58.2 Å². The minimum Gasteiger partial charge on any atom is -0.390 e. The normalized spacial score (nSPS) is 46.1. The van der Waals surface area contributed by atoms with Crippen LogP contribution in [0.1, 0.15) is 46.5 Å². The number of aliphatic hydroxyl groups excluding tert-OH is 1. The summed E-state index contributed by atoms with van der Waals surface area (Å²) < 4.78 is 0. The summed E-state index contributed by atoms with van der Waals surface area (Å²) >= 11 is 0. The third kappa shape index (κ3) is 1.95. The van der Waals surface area contributed by atoms with E-state index in [1.807, 2.05) is 13.8 Å². The van der Waals surface area contributed by atoms with Crippen molar-refractivity contribution in [2.75, 3.05) is 0 Å². The Morgan fingerprint density at radius 2 is 2.06 bits per heavy atom. The molecule has 0 saturated heterocycles. The van der Waals surface area contributed by atoms with E-state index < -0.39 is 11.7 Å². The lowest BCUT2D eigenvalue weighted by Gasteiger charge is -2.53. The van der Waals surface area contributed by atoms with E-state index in [2.05, 4.69) is 0 Å². The summed E-state index contributed by atoms with van der Waals surface area (Å²) in [6.07, 6.45) is 4.27. The number of hydrogen-bond acceptors (Lipinski definition) is 3. The standard InChI is InChI=1S/C14H22O3/c1-9(15)10-7-11-13(2,12(16)8-10)5-4-6-14(11,3)17/h8,11-12,16-17H,4-7H2,1-3H3/t11-,12-,13+,14-/m0/s1. The Kier molecular flexibility index (Phi) is 2.95. The van der Waals surface area contributed by atoms with Crippen LogP contribution in [0.5, 0.6) is 0 Å². The lowest BCUT2D eigenvalue weighted by molar-refractivity contribution is -0.135. The summed E-state index contributed by atoms with van der Waals surface area (Å²) in [7, 11) is 0. The van der Waals surface area contributed by atoms with Crippen molar-refractivity contribution < 1.29 is 15.0 Å². The molecule has 2 rings (SSSR count). The van der Waals surface area contributed by atoms with E-state index in [-0.39, 0.29) is 17.1 Å². The van der Waals surface area contributed by atoms with E-state index >= 15 is 0 Å². The molecular weight excluding hydrogens is 216 g/mol. The van der Waals surface area contributed by atoms with Gasteiger partial charge in [-0.05, 0) is 57.1 Å². The first-order valence-electron chi connectivity index (χ1n) is 6.39. The van der Waals surface area contributed by atoms with Crippen molar-refractivity contribution in [1.82, 2.24) is 0 Å². The predicted molar refractivity (Wildman–Crippen MR) is 65.5 cm³/mol. The van der Waals surface area contributed by atoms with Crippen molar-refractivity contribution in [3.05, 3.63) is 11.6 Å². The van der Waals surface area contributed by atoms with Crippen molar-refractivity contribution in [3.8, 4) is 0 Å². The van der Waals surface area contributed by atoms with Crippen molar-refractivity contribution in [1.29, 1.82) is 0 Å². The molecule has 1 saturated carbocycles. The van der Waals surface area contributed by atoms with Crippen molar-refractivity contribution >= 4 is 5.78 Å². The lowest BCUT2D eigenvalue weighted by Crippen LogP contribution is -2.55. The second kappa shape index (κ2) is 3.92. The second-order valence-corrected chi connectivity index (χ2v) is 6.17. The molecule has 3 heteroatoms. The maximum atomic E-state index is 11.5. The smallest absolute Gasteiger partial charge is 0.155 e. The maximum absolute atomic E-state index is 11.5. The molecule has 2 N–H and O–H groups in total. The molecule has 0 aliphatic heterocycles. The molecule has 0 spiro atoms. The molecule has 2 aliphatic carbocycles. The van der Waals surface area contributed by atoms with Gasteiger partial charge in [-0.2, -0.15) is 0 Å². The maximum Gasteiger partial charge on any atom is 0.155 e. The van der Waals surface area contributed by atoms with Gasteiger partial charge in [0, 0.05) is 5.41 Å². The molecule has 17 heavy (non-hydrogen) atoms. The summed E-state index contributed by atoms with van der Waals surface area (Å²) in [5.74, 6) is -0.0184. The highest BCUT2D eigenvalue weighted by Crippen LogP contribution is 2.53. The molecule has 0 aromatic rings. The highest BCUT2D eigenvalue weighted by atomic mass is 16.3. The molecular formula is C14H22O3. The fourth-order valence-corrected chi connectivity index (χ4v) is 3.62. The van der Waals surface area contributed by atoms with Crippen LogP contribution >= 0.6 is 0 Å². The minimum atomic E-state index is -0.775. The largest absolute Gasteiger partial charge is 0.390 e. The van der Waals surface area contributed by atoms with Crippen molar-refractivity contribution in [2.24, 2.45) is 11.3 Å². The van der Waals surface area contributed by atoms with E-state index in [1.54, 1.807) is 6.08 Å². The number of hydrogen-bond donors (Lipinski definition) is 2. The summed E-state index contributed by atoms with van der Waals surface area (Å²) in [4.78, 5) is 11.5. The highest BCUT2D eigenvalue weighted by Gasteiger charge is 2.53. The van der Waals surface area contributed by atoms with Crippen LogP contribution in [0.3, 0.4) is 0 Å².